The van der Waals surface area contributed by atoms with Gasteiger partial charge in [-0.2, -0.15) is 0 Å². The first-order chi connectivity index (χ1) is 10.8. The van der Waals surface area contributed by atoms with E-state index in [0.717, 1.165) is 49.8 Å². The number of amides is 1. The molecule has 4 rings (SSSR count). The maximum absolute atomic E-state index is 12.0. The third-order valence-electron chi connectivity index (χ3n) is 4.39. The highest BCUT2D eigenvalue weighted by atomic mass is 16.5. The number of rotatable bonds is 3. The van der Waals surface area contributed by atoms with Gasteiger partial charge < -0.3 is 9.64 Å². The van der Waals surface area contributed by atoms with Crippen LogP contribution in [0.4, 0.5) is 0 Å². The Hall–Kier alpha value is -2.17. The van der Waals surface area contributed by atoms with Gasteiger partial charge in [0.2, 0.25) is 11.8 Å². The summed E-state index contributed by atoms with van der Waals surface area (Å²) in [4.78, 5) is 22.9. The van der Waals surface area contributed by atoms with Crippen molar-refractivity contribution in [2.24, 2.45) is 5.92 Å². The van der Waals surface area contributed by atoms with Crippen LogP contribution in [0.1, 0.15) is 25.7 Å². The zero-order valence-electron chi connectivity index (χ0n) is 12.4. The molecule has 0 spiro atoms. The highest BCUT2D eigenvalue weighted by Crippen LogP contribution is 2.32. The van der Waals surface area contributed by atoms with E-state index in [1.165, 1.54) is 0 Å². The second kappa shape index (κ2) is 5.55. The van der Waals surface area contributed by atoms with Gasteiger partial charge in [-0.3, -0.25) is 4.79 Å². The zero-order valence-corrected chi connectivity index (χ0v) is 12.4. The lowest BCUT2D eigenvalue weighted by Gasteiger charge is -2.32. The minimum absolute atomic E-state index is 0.124. The van der Waals surface area contributed by atoms with E-state index in [0.29, 0.717) is 17.7 Å². The van der Waals surface area contributed by atoms with Crippen molar-refractivity contribution in [1.82, 2.24) is 14.9 Å². The standard InChI is InChI=1S/C17H19N3O2/c21-17(12-5-6-12)20-9-7-13(8-10-20)22-16-11-18-14-3-1-2-4-15(14)19-16/h1-4,11-13H,5-10H2. The van der Waals surface area contributed by atoms with Crippen LogP contribution < -0.4 is 4.74 Å². The van der Waals surface area contributed by atoms with Crippen LogP contribution in [-0.2, 0) is 4.79 Å². The number of fused-ring (bicyclic) bond motifs is 1. The first-order valence-electron chi connectivity index (χ1n) is 7.97. The van der Waals surface area contributed by atoms with Gasteiger partial charge in [0.1, 0.15) is 6.10 Å². The molecule has 114 valence electrons. The maximum atomic E-state index is 12.0. The van der Waals surface area contributed by atoms with Gasteiger partial charge in [-0.1, -0.05) is 12.1 Å². The molecule has 1 aromatic carbocycles. The van der Waals surface area contributed by atoms with E-state index in [9.17, 15) is 4.79 Å². The molecule has 0 atom stereocenters. The number of nitrogens with zero attached hydrogens (tertiary/aromatic N) is 3. The first kappa shape index (κ1) is 13.5. The second-order valence-corrected chi connectivity index (χ2v) is 6.11. The second-order valence-electron chi connectivity index (χ2n) is 6.11. The fourth-order valence-corrected chi connectivity index (χ4v) is 2.95. The van der Waals surface area contributed by atoms with Gasteiger partial charge in [-0.15, -0.1) is 0 Å². The fraction of sp³-hybridized carbons (Fsp3) is 0.471. The predicted octanol–water partition coefficient (Wildman–Crippen LogP) is 2.41. The van der Waals surface area contributed by atoms with E-state index in [2.05, 4.69) is 9.97 Å². The van der Waals surface area contributed by atoms with Crippen molar-refractivity contribution < 1.29 is 9.53 Å². The van der Waals surface area contributed by atoms with Crippen LogP contribution >= 0.6 is 0 Å². The lowest BCUT2D eigenvalue weighted by Crippen LogP contribution is -2.42. The van der Waals surface area contributed by atoms with Crippen molar-refractivity contribution in [3.05, 3.63) is 30.5 Å². The Balaban J connectivity index is 1.38. The lowest BCUT2D eigenvalue weighted by molar-refractivity contribution is -0.134. The minimum Gasteiger partial charge on any atom is -0.473 e. The Bertz CT molecular complexity index is 691. The number of aromatic nitrogens is 2. The maximum Gasteiger partial charge on any atom is 0.233 e. The average molecular weight is 297 g/mol. The fourth-order valence-electron chi connectivity index (χ4n) is 2.95. The number of carbonyl (C=O) groups excluding carboxylic acids is 1. The van der Waals surface area contributed by atoms with Crippen LogP contribution in [0.2, 0.25) is 0 Å². The topological polar surface area (TPSA) is 55.3 Å². The van der Waals surface area contributed by atoms with E-state index in [1.807, 2.05) is 29.2 Å². The van der Waals surface area contributed by atoms with E-state index >= 15 is 0 Å². The lowest BCUT2D eigenvalue weighted by atomic mass is 10.1. The summed E-state index contributed by atoms with van der Waals surface area (Å²) >= 11 is 0. The van der Waals surface area contributed by atoms with Crippen molar-refractivity contribution in [2.75, 3.05) is 13.1 Å². The Labute approximate surface area is 129 Å². The monoisotopic (exact) mass is 297 g/mol. The van der Waals surface area contributed by atoms with Crippen molar-refractivity contribution in [3.8, 4) is 5.88 Å². The smallest absolute Gasteiger partial charge is 0.233 e. The van der Waals surface area contributed by atoms with Crippen LogP contribution in [0, 0.1) is 5.92 Å². The molecule has 1 amide bonds. The number of likely N-dealkylation sites (tertiary alicyclic amines) is 1. The van der Waals surface area contributed by atoms with Crippen molar-refractivity contribution >= 4 is 16.9 Å². The van der Waals surface area contributed by atoms with Crippen LogP contribution in [0.25, 0.3) is 11.0 Å². The van der Waals surface area contributed by atoms with Crippen molar-refractivity contribution in [1.29, 1.82) is 0 Å². The summed E-state index contributed by atoms with van der Waals surface area (Å²) < 4.78 is 5.96. The molecule has 2 aromatic rings. The third kappa shape index (κ3) is 2.75. The molecule has 5 nitrogen and oxygen atoms in total. The summed E-state index contributed by atoms with van der Waals surface area (Å²) in [7, 11) is 0. The summed E-state index contributed by atoms with van der Waals surface area (Å²) in [5, 5.41) is 0. The van der Waals surface area contributed by atoms with E-state index in [4.69, 9.17) is 4.74 Å². The highest BCUT2D eigenvalue weighted by Gasteiger charge is 2.35. The normalized spacial score (nSPS) is 19.4. The summed E-state index contributed by atoms with van der Waals surface area (Å²) in [6.07, 6.45) is 5.69. The third-order valence-corrected chi connectivity index (χ3v) is 4.39. The SMILES string of the molecule is O=C(C1CC1)N1CCC(Oc2cnc3ccccc3n2)CC1. The largest absolute Gasteiger partial charge is 0.473 e. The van der Waals surface area contributed by atoms with Crippen LogP contribution in [0.5, 0.6) is 5.88 Å². The Kier molecular flexibility index (Phi) is 3.41. The van der Waals surface area contributed by atoms with Crippen LogP contribution in [-0.4, -0.2) is 40.0 Å². The molecule has 2 aliphatic rings. The van der Waals surface area contributed by atoms with Gasteiger partial charge in [0.25, 0.3) is 0 Å². The highest BCUT2D eigenvalue weighted by molar-refractivity contribution is 5.81. The number of ether oxygens (including phenoxy) is 1. The van der Waals surface area contributed by atoms with Gasteiger partial charge in [-0.05, 0) is 25.0 Å². The number of benzene rings is 1. The zero-order chi connectivity index (χ0) is 14.9. The van der Waals surface area contributed by atoms with E-state index in [1.54, 1.807) is 6.20 Å². The molecule has 0 bridgehead atoms. The molecule has 2 heterocycles. The Morgan fingerprint density at radius 2 is 1.82 bits per heavy atom. The van der Waals surface area contributed by atoms with Gasteiger partial charge in [0, 0.05) is 31.8 Å². The van der Waals surface area contributed by atoms with Gasteiger partial charge in [0.15, 0.2) is 0 Å². The average Bonchev–Trinajstić information content (AvgIpc) is 3.40. The number of carbonyl (C=O) groups is 1. The minimum atomic E-state index is 0.124. The summed E-state index contributed by atoms with van der Waals surface area (Å²) in [5.74, 6) is 1.22. The van der Waals surface area contributed by atoms with E-state index < -0.39 is 0 Å². The molecule has 1 aromatic heterocycles. The molecule has 1 saturated heterocycles. The van der Waals surface area contributed by atoms with Gasteiger partial charge >= 0.3 is 0 Å². The predicted molar refractivity (Wildman–Crippen MR) is 82.5 cm³/mol. The number of hydrogen-bond acceptors (Lipinski definition) is 4. The molecule has 1 saturated carbocycles. The molecular formula is C17H19N3O2. The molecule has 22 heavy (non-hydrogen) atoms. The van der Waals surface area contributed by atoms with Crippen molar-refractivity contribution in [2.45, 2.75) is 31.8 Å². The molecule has 0 N–H and O–H groups in total. The Morgan fingerprint density at radius 1 is 1.09 bits per heavy atom. The van der Waals surface area contributed by atoms with Crippen LogP contribution in [0.15, 0.2) is 30.5 Å². The quantitative estimate of drug-likeness (QED) is 0.873. The molecule has 5 heteroatoms. The molecule has 0 radical (unpaired) electrons. The molecule has 1 aliphatic carbocycles. The molecule has 0 unspecified atom stereocenters. The Morgan fingerprint density at radius 3 is 2.55 bits per heavy atom. The van der Waals surface area contributed by atoms with Crippen LogP contribution in [0.3, 0.4) is 0 Å². The molecular weight excluding hydrogens is 278 g/mol. The first-order valence-corrected chi connectivity index (χ1v) is 7.97. The summed E-state index contributed by atoms with van der Waals surface area (Å²) in [5.41, 5.74) is 1.72. The number of hydrogen-bond donors (Lipinski definition) is 0. The summed E-state index contributed by atoms with van der Waals surface area (Å²) in [6.45, 7) is 1.59. The van der Waals surface area contributed by atoms with Crippen molar-refractivity contribution in [3.63, 3.8) is 0 Å². The number of piperidine rings is 1. The molecule has 2 fully saturated rings. The van der Waals surface area contributed by atoms with E-state index in [-0.39, 0.29) is 6.10 Å². The number of para-hydroxylation sites is 2. The van der Waals surface area contributed by atoms with Gasteiger partial charge in [-0.25, -0.2) is 9.97 Å². The summed E-state index contributed by atoms with van der Waals surface area (Å²) in [6, 6.07) is 7.77. The molecule has 1 aliphatic heterocycles. The van der Waals surface area contributed by atoms with Gasteiger partial charge in [0.05, 0.1) is 17.2 Å².